The van der Waals surface area contributed by atoms with Crippen molar-refractivity contribution < 1.29 is 27.1 Å². The predicted molar refractivity (Wildman–Crippen MR) is 173 cm³/mol. The fraction of sp³-hybridized carbons (Fsp3) is 0.562. The number of ether oxygens (including phenoxy) is 1. The number of rotatable bonds is 12. The van der Waals surface area contributed by atoms with Gasteiger partial charge in [0.15, 0.2) is 0 Å². The zero-order valence-corrected chi connectivity index (χ0v) is 27.8. The first kappa shape index (κ1) is 35.7. The molecule has 12 heteroatoms. The Morgan fingerprint density at radius 1 is 1.16 bits per heavy atom. The van der Waals surface area contributed by atoms with Crippen LogP contribution in [0.2, 0.25) is 5.02 Å². The molecule has 9 nitrogen and oxygen atoms in total. The summed E-state index contributed by atoms with van der Waals surface area (Å²) in [7, 11) is -2.49. The lowest BCUT2D eigenvalue weighted by Crippen LogP contribution is -2.59. The van der Waals surface area contributed by atoms with Gasteiger partial charge in [-0.05, 0) is 82.2 Å². The zero-order chi connectivity index (χ0) is 32.6. The van der Waals surface area contributed by atoms with Crippen LogP contribution in [0, 0.1) is 11.7 Å². The van der Waals surface area contributed by atoms with Crippen molar-refractivity contribution in [3.63, 3.8) is 0 Å². The van der Waals surface area contributed by atoms with Crippen LogP contribution < -0.4 is 16.4 Å². The van der Waals surface area contributed by atoms with Crippen LogP contribution in [-0.2, 0) is 26.7 Å². The lowest BCUT2D eigenvalue weighted by molar-refractivity contribution is -0.118. The highest BCUT2D eigenvalue weighted by atomic mass is 35.5. The number of hydrogen-bond donors (Lipinski definition) is 4. The average molecular weight is 653 g/mol. The number of nitrogens with one attached hydrogen (secondary N) is 2. The standard InChI is InChI=1S/C32H46ClFN4O5S/c1-20(2)28(21-11-13-22(33)14-12-21)29(35)30(39)37-27-10-6-9-26(34)25(27)16-15-23-19-38(31(40)43-32(3,4)5)24(18-36-23)8-7-17-44(41)42/h6,9-14,20,23-24,28-29,36,44H,7-8,15-19,35H2,1-5H3,(H,37,39)/t23?,24?,28-,29+/m1/s1. The second kappa shape index (κ2) is 16.0. The van der Waals surface area contributed by atoms with Gasteiger partial charge in [0.05, 0.1) is 6.04 Å². The Bertz CT molecular complexity index is 1340. The number of carbonyl (C=O) groups excluding carboxylic acids is 2. The van der Waals surface area contributed by atoms with Crippen molar-refractivity contribution in [2.45, 2.75) is 89.9 Å². The molecule has 0 saturated carbocycles. The summed E-state index contributed by atoms with van der Waals surface area (Å²) in [5.74, 6) is -1.03. The molecule has 0 aromatic heterocycles. The fourth-order valence-corrected chi connectivity index (χ4v) is 6.20. The van der Waals surface area contributed by atoms with Crippen LogP contribution >= 0.6 is 11.6 Å². The monoisotopic (exact) mass is 652 g/mol. The fourth-order valence-electron chi connectivity index (χ4n) is 5.63. The third-order valence-electron chi connectivity index (χ3n) is 7.79. The lowest BCUT2D eigenvalue weighted by Gasteiger charge is -2.41. The van der Waals surface area contributed by atoms with E-state index in [2.05, 4.69) is 10.6 Å². The van der Waals surface area contributed by atoms with Crippen LogP contribution in [0.1, 0.15) is 70.9 Å². The maximum Gasteiger partial charge on any atom is 0.410 e. The summed E-state index contributed by atoms with van der Waals surface area (Å²) in [6.07, 6.45) is 1.26. The Hall–Kier alpha value is -2.73. The molecule has 244 valence electrons. The number of hydrogen-bond acceptors (Lipinski definition) is 7. The van der Waals surface area contributed by atoms with Crippen LogP contribution in [0.4, 0.5) is 14.9 Å². The van der Waals surface area contributed by atoms with E-state index in [1.165, 1.54) is 6.07 Å². The first-order valence-electron chi connectivity index (χ1n) is 15.1. The molecule has 2 unspecified atom stereocenters. The number of amides is 2. The first-order valence-corrected chi connectivity index (χ1v) is 16.8. The minimum Gasteiger partial charge on any atom is -0.444 e. The van der Waals surface area contributed by atoms with Gasteiger partial charge < -0.3 is 26.0 Å². The summed E-state index contributed by atoms with van der Waals surface area (Å²) in [5.41, 5.74) is 7.39. The van der Waals surface area contributed by atoms with Crippen molar-refractivity contribution in [2.24, 2.45) is 11.7 Å². The molecule has 0 spiro atoms. The molecule has 2 aromatic carbocycles. The topological polar surface area (TPSA) is 131 Å². The number of carbonyl (C=O) groups is 2. The van der Waals surface area contributed by atoms with Crippen molar-refractivity contribution in [3.8, 4) is 0 Å². The van der Waals surface area contributed by atoms with Gasteiger partial charge in [-0.2, -0.15) is 0 Å². The third kappa shape index (κ3) is 10.4. The van der Waals surface area contributed by atoms with Gasteiger partial charge in [-0.1, -0.05) is 43.6 Å². The van der Waals surface area contributed by atoms with Crippen molar-refractivity contribution in [3.05, 3.63) is 64.4 Å². The van der Waals surface area contributed by atoms with E-state index in [-0.39, 0.29) is 29.7 Å². The van der Waals surface area contributed by atoms with Gasteiger partial charge in [-0.3, -0.25) is 4.79 Å². The van der Waals surface area contributed by atoms with Gasteiger partial charge in [-0.25, -0.2) is 17.6 Å². The molecule has 2 amide bonds. The largest absolute Gasteiger partial charge is 0.444 e. The third-order valence-corrected chi connectivity index (χ3v) is 8.72. The van der Waals surface area contributed by atoms with Crippen molar-refractivity contribution in [1.82, 2.24) is 10.2 Å². The molecular formula is C32H46ClFN4O5S. The van der Waals surface area contributed by atoms with E-state index in [4.69, 9.17) is 22.1 Å². The first-order chi connectivity index (χ1) is 20.7. The van der Waals surface area contributed by atoms with E-state index in [9.17, 15) is 18.0 Å². The molecule has 0 bridgehead atoms. The van der Waals surface area contributed by atoms with E-state index in [1.54, 1.807) is 49.9 Å². The van der Waals surface area contributed by atoms with E-state index >= 15 is 4.39 Å². The number of benzene rings is 2. The van der Waals surface area contributed by atoms with E-state index in [0.29, 0.717) is 55.0 Å². The number of nitrogens with zero attached hydrogens (tertiary/aromatic N) is 1. The van der Waals surface area contributed by atoms with E-state index in [1.807, 2.05) is 26.0 Å². The molecule has 0 aliphatic carbocycles. The molecule has 2 aromatic rings. The number of thiol groups is 1. The molecule has 1 aliphatic heterocycles. The highest BCUT2D eigenvalue weighted by molar-refractivity contribution is 7.72. The molecule has 3 rings (SSSR count). The van der Waals surface area contributed by atoms with Crippen molar-refractivity contribution in [1.29, 1.82) is 0 Å². The van der Waals surface area contributed by atoms with Gasteiger partial charge in [0.1, 0.15) is 22.1 Å². The molecule has 4 atom stereocenters. The summed E-state index contributed by atoms with van der Waals surface area (Å²) in [6.45, 7) is 10.1. The highest BCUT2D eigenvalue weighted by Gasteiger charge is 2.34. The van der Waals surface area contributed by atoms with Crippen LogP contribution in [0.25, 0.3) is 0 Å². The maximum atomic E-state index is 15.2. The molecule has 1 heterocycles. The Morgan fingerprint density at radius 2 is 1.84 bits per heavy atom. The van der Waals surface area contributed by atoms with E-state index in [0.717, 1.165) is 5.56 Å². The molecule has 1 saturated heterocycles. The van der Waals surface area contributed by atoms with Crippen LogP contribution in [0.5, 0.6) is 0 Å². The molecular weight excluding hydrogens is 607 g/mol. The molecule has 0 radical (unpaired) electrons. The number of anilines is 1. The maximum absolute atomic E-state index is 15.2. The SMILES string of the molecule is CC(C)[C@H](c1ccc(Cl)cc1)[C@H](N)C(=O)Nc1cccc(F)c1CCC1CN(C(=O)OC(C)(C)C)C(CCC[SH](=O)=O)CN1. The Kier molecular flexibility index (Phi) is 13.0. The van der Waals surface area contributed by atoms with Gasteiger partial charge >= 0.3 is 6.09 Å². The van der Waals surface area contributed by atoms with Crippen LogP contribution in [0.15, 0.2) is 42.5 Å². The minimum atomic E-state index is -2.49. The number of halogens is 2. The van der Waals surface area contributed by atoms with Gasteiger partial charge in [0, 0.05) is 53.1 Å². The summed E-state index contributed by atoms with van der Waals surface area (Å²) < 4.78 is 42.9. The number of piperazine rings is 1. The van der Waals surface area contributed by atoms with Crippen molar-refractivity contribution >= 4 is 40.0 Å². The Labute approximate surface area is 267 Å². The molecule has 1 fully saturated rings. The number of nitrogens with two attached hydrogens (primary N) is 1. The van der Waals surface area contributed by atoms with E-state index < -0.39 is 40.2 Å². The summed E-state index contributed by atoms with van der Waals surface area (Å²) in [4.78, 5) is 28.1. The van der Waals surface area contributed by atoms with Gasteiger partial charge in [0.2, 0.25) is 5.91 Å². The summed E-state index contributed by atoms with van der Waals surface area (Å²) in [5, 5.41) is 6.89. The lowest BCUT2D eigenvalue weighted by atomic mass is 9.82. The normalized spacial score (nSPS) is 18.7. The molecule has 4 N–H and O–H groups in total. The van der Waals surface area contributed by atoms with Crippen LogP contribution in [0.3, 0.4) is 0 Å². The smallest absolute Gasteiger partial charge is 0.410 e. The Balaban J connectivity index is 1.72. The van der Waals surface area contributed by atoms with Crippen molar-refractivity contribution in [2.75, 3.05) is 24.2 Å². The second-order valence-corrected chi connectivity index (χ2v) is 14.3. The molecule has 1 aliphatic rings. The van der Waals surface area contributed by atoms with Gasteiger partial charge in [0.25, 0.3) is 0 Å². The van der Waals surface area contributed by atoms with Crippen LogP contribution in [-0.4, -0.2) is 67.9 Å². The quantitative estimate of drug-likeness (QED) is 0.235. The molecule has 44 heavy (non-hydrogen) atoms. The average Bonchev–Trinajstić information content (AvgIpc) is 2.93. The highest BCUT2D eigenvalue weighted by Crippen LogP contribution is 2.30. The predicted octanol–water partition coefficient (Wildman–Crippen LogP) is 5.09. The second-order valence-electron chi connectivity index (χ2n) is 12.7. The van der Waals surface area contributed by atoms with Gasteiger partial charge in [-0.15, -0.1) is 0 Å². The summed E-state index contributed by atoms with van der Waals surface area (Å²) >= 11 is 6.05. The zero-order valence-electron chi connectivity index (χ0n) is 26.1. The Morgan fingerprint density at radius 3 is 2.45 bits per heavy atom. The minimum absolute atomic E-state index is 0.0560. The summed E-state index contributed by atoms with van der Waals surface area (Å²) in [6, 6.07) is 10.5.